The van der Waals surface area contributed by atoms with E-state index >= 15 is 0 Å². The lowest BCUT2D eigenvalue weighted by Crippen LogP contribution is -2.20. The molecule has 1 heterocycles. The maximum Gasteiger partial charge on any atom is 0.216 e. The molecule has 0 spiro atoms. The maximum absolute atomic E-state index is 13.2. The van der Waals surface area contributed by atoms with Crippen LogP contribution in [0.1, 0.15) is 22.8 Å². The largest absolute Gasteiger partial charge is 0.295 e. The minimum atomic E-state index is -3.65. The average molecular weight is 381 g/mol. The van der Waals surface area contributed by atoms with E-state index in [-0.39, 0.29) is 10.7 Å². The van der Waals surface area contributed by atoms with Crippen LogP contribution in [0.3, 0.4) is 0 Å². The van der Waals surface area contributed by atoms with E-state index in [9.17, 15) is 13.2 Å². The Morgan fingerprint density at radius 3 is 2.19 bits per heavy atom. The van der Waals surface area contributed by atoms with Crippen LogP contribution in [0.15, 0.2) is 91.2 Å². The quantitative estimate of drug-likeness (QED) is 0.381. The highest BCUT2D eigenvalue weighted by atomic mass is 32.2. The third-order valence-corrected chi connectivity index (χ3v) is 8.92. The Bertz CT molecular complexity index is 1130. The van der Waals surface area contributed by atoms with Gasteiger partial charge in [0.15, 0.2) is 20.5 Å². The van der Waals surface area contributed by atoms with Crippen molar-refractivity contribution in [3.8, 4) is 0 Å². The number of hydrogen-bond acceptors (Lipinski definition) is 3. The van der Waals surface area contributed by atoms with Gasteiger partial charge in [0, 0.05) is 5.56 Å². The number of hydrogen-bond donors (Lipinski definition) is 0. The van der Waals surface area contributed by atoms with Crippen molar-refractivity contribution in [2.45, 2.75) is 38.3 Å². The first-order chi connectivity index (χ1) is 12.4. The van der Waals surface area contributed by atoms with Crippen LogP contribution >= 0.6 is 0 Å². The summed E-state index contributed by atoms with van der Waals surface area (Å²) in [4.78, 5) is 15.0. The van der Waals surface area contributed by atoms with Crippen molar-refractivity contribution < 1.29 is 13.2 Å². The first-order valence-corrected chi connectivity index (χ1v) is 10.9. The van der Waals surface area contributed by atoms with E-state index in [0.29, 0.717) is 10.5 Å². The molecule has 130 valence electrons. The van der Waals surface area contributed by atoms with Gasteiger partial charge in [0.25, 0.3) is 0 Å². The van der Waals surface area contributed by atoms with Gasteiger partial charge < -0.3 is 0 Å². The molecule has 0 aromatic heterocycles. The topological polar surface area (TPSA) is 51.2 Å². The molecule has 3 nitrogen and oxygen atoms in total. The molecule has 4 rings (SSSR count). The van der Waals surface area contributed by atoms with E-state index in [1.54, 1.807) is 24.3 Å². The van der Waals surface area contributed by atoms with Crippen LogP contribution in [0, 0.1) is 6.92 Å². The van der Waals surface area contributed by atoms with Gasteiger partial charge in [0.05, 0.1) is 0 Å². The number of fused-ring (bicyclic) bond motifs is 2. The van der Waals surface area contributed by atoms with E-state index in [0.717, 1.165) is 20.2 Å². The molecule has 1 aliphatic rings. The van der Waals surface area contributed by atoms with Gasteiger partial charge in [0.1, 0.15) is 20.7 Å². The van der Waals surface area contributed by atoms with E-state index in [1.165, 1.54) is 13.0 Å². The fourth-order valence-electron chi connectivity index (χ4n) is 3.11. The summed E-state index contributed by atoms with van der Waals surface area (Å²) in [6.45, 7) is 3.48. The number of rotatable bonds is 2. The van der Waals surface area contributed by atoms with Crippen LogP contribution in [0.4, 0.5) is 0 Å². The highest BCUT2D eigenvalue weighted by Crippen LogP contribution is 2.45. The first kappa shape index (κ1) is 17.1. The normalized spacial score (nSPS) is 17.2. The molecule has 0 saturated heterocycles. The molecule has 0 bridgehead atoms. The maximum atomic E-state index is 13.2. The predicted molar refractivity (Wildman–Crippen MR) is 102 cm³/mol. The molecule has 5 heteroatoms. The zero-order chi connectivity index (χ0) is 18.5. The summed E-state index contributed by atoms with van der Waals surface area (Å²) in [5.74, 6) is -0.142. The van der Waals surface area contributed by atoms with Crippen LogP contribution in [-0.4, -0.2) is 14.2 Å². The molecule has 3 aromatic carbocycles. The number of ketones is 1. The molecule has 1 aliphatic heterocycles. The zero-order valence-corrected chi connectivity index (χ0v) is 16.0. The molecule has 1 atom stereocenters. The second-order valence-corrected chi connectivity index (χ2v) is 10.1. The van der Waals surface area contributed by atoms with E-state index in [1.807, 2.05) is 31.2 Å². The monoisotopic (exact) mass is 381 g/mol. The molecule has 26 heavy (non-hydrogen) atoms. The van der Waals surface area contributed by atoms with Crippen molar-refractivity contribution in [3.05, 3.63) is 77.9 Å². The summed E-state index contributed by atoms with van der Waals surface area (Å²) in [5, 5.41) is 0. The Morgan fingerprint density at radius 2 is 1.50 bits per heavy atom. The molecule has 1 unspecified atom stereocenters. The molecule has 0 fully saturated rings. The van der Waals surface area contributed by atoms with Crippen LogP contribution in [-0.2, 0) is 20.7 Å². The van der Waals surface area contributed by atoms with Gasteiger partial charge in [-0.1, -0.05) is 29.8 Å². The highest BCUT2D eigenvalue weighted by Gasteiger charge is 2.45. The van der Waals surface area contributed by atoms with Crippen molar-refractivity contribution >= 4 is 26.5 Å². The smallest absolute Gasteiger partial charge is 0.216 e. The predicted octanol–water partition coefficient (Wildman–Crippen LogP) is 4.44. The number of carbonyl (C=O) groups is 1. The summed E-state index contributed by atoms with van der Waals surface area (Å²) in [6, 6.07) is 20.4. The Hall–Kier alpha value is -2.37. The minimum Gasteiger partial charge on any atom is -0.295 e. The van der Waals surface area contributed by atoms with Crippen LogP contribution in [0.5, 0.6) is 0 Å². The van der Waals surface area contributed by atoms with Crippen molar-refractivity contribution in [3.63, 3.8) is 0 Å². The van der Waals surface area contributed by atoms with Crippen molar-refractivity contribution in [1.82, 2.24) is 0 Å². The molecule has 0 amide bonds. The summed E-state index contributed by atoms with van der Waals surface area (Å²) >= 11 is 0. The first-order valence-electron chi connectivity index (χ1n) is 8.19. The zero-order valence-electron chi connectivity index (χ0n) is 14.4. The Morgan fingerprint density at radius 1 is 0.846 bits per heavy atom. The second-order valence-electron chi connectivity index (χ2n) is 6.29. The van der Waals surface area contributed by atoms with E-state index in [4.69, 9.17) is 0 Å². The highest BCUT2D eigenvalue weighted by molar-refractivity contribution is 8.00. The van der Waals surface area contributed by atoms with Crippen molar-refractivity contribution in [2.24, 2.45) is 0 Å². The molecular weight excluding hydrogens is 364 g/mol. The number of aryl methyl sites for hydroxylation is 1. The second kappa shape index (κ2) is 6.11. The van der Waals surface area contributed by atoms with Gasteiger partial charge in [-0.25, -0.2) is 8.42 Å². The van der Waals surface area contributed by atoms with Gasteiger partial charge in [-0.2, -0.15) is 0 Å². The SMILES string of the molecule is CC(=O)c1ccc2c(c1)S(=O)(=O)c1ccccc1[S+]2c1ccc(C)cc1. The van der Waals surface area contributed by atoms with E-state index < -0.39 is 20.7 Å². The lowest BCUT2D eigenvalue weighted by Gasteiger charge is -2.20. The summed E-state index contributed by atoms with van der Waals surface area (Å²) in [7, 11) is -4.18. The minimum absolute atomic E-state index is 0.142. The van der Waals surface area contributed by atoms with Crippen molar-refractivity contribution in [1.29, 1.82) is 0 Å². The number of benzene rings is 3. The Labute approximate surface area is 156 Å². The third kappa shape index (κ3) is 2.59. The third-order valence-electron chi connectivity index (χ3n) is 4.47. The molecular formula is C21H17O3S2+. The van der Waals surface area contributed by atoms with Gasteiger partial charge in [0.2, 0.25) is 9.84 Å². The fourth-order valence-corrected chi connectivity index (χ4v) is 7.81. The Balaban J connectivity index is 2.06. The average Bonchev–Trinajstić information content (AvgIpc) is 2.63. The fraction of sp³-hybridized carbons (Fsp3) is 0.0952. The van der Waals surface area contributed by atoms with Gasteiger partial charge >= 0.3 is 0 Å². The van der Waals surface area contributed by atoms with Gasteiger partial charge in [-0.3, -0.25) is 4.79 Å². The lowest BCUT2D eigenvalue weighted by atomic mass is 10.1. The molecule has 0 N–H and O–H groups in total. The molecule has 3 aromatic rings. The van der Waals surface area contributed by atoms with Gasteiger partial charge in [-0.15, -0.1) is 0 Å². The van der Waals surface area contributed by atoms with Crippen LogP contribution in [0.2, 0.25) is 0 Å². The van der Waals surface area contributed by atoms with Crippen LogP contribution in [0.25, 0.3) is 0 Å². The van der Waals surface area contributed by atoms with Crippen LogP contribution < -0.4 is 0 Å². The summed E-state index contributed by atoms with van der Waals surface area (Å²) < 4.78 is 26.4. The van der Waals surface area contributed by atoms with E-state index in [2.05, 4.69) is 12.1 Å². The number of Topliss-reactive ketones (excluding diaryl/α,β-unsaturated/α-hetero) is 1. The summed E-state index contributed by atoms with van der Waals surface area (Å²) in [5.41, 5.74) is 1.57. The summed E-state index contributed by atoms with van der Waals surface area (Å²) in [6.07, 6.45) is 0. The number of sulfone groups is 1. The Kier molecular flexibility index (Phi) is 4.01. The number of carbonyl (C=O) groups excluding carboxylic acids is 1. The lowest BCUT2D eigenvalue weighted by molar-refractivity contribution is 0.101. The molecule has 0 radical (unpaired) electrons. The van der Waals surface area contributed by atoms with Gasteiger partial charge in [-0.05, 0) is 56.3 Å². The van der Waals surface area contributed by atoms with Crippen molar-refractivity contribution in [2.75, 3.05) is 0 Å². The molecule has 0 saturated carbocycles. The molecule has 0 aliphatic carbocycles. The standard InChI is InChI=1S/C21H17O3S2/c1-14-7-10-17(11-8-14)25-18-5-3-4-6-20(18)26(23,24)21-13-16(15(2)22)9-12-19(21)25/h3-13H,1-2H3/q+1.